The molecule has 0 N–H and O–H groups in total. The molecule has 6 aromatic rings. The number of anilines is 3. The van der Waals surface area contributed by atoms with Crippen LogP contribution in [0, 0.1) is 5.82 Å². The lowest BCUT2D eigenvalue weighted by Gasteiger charge is -2.27. The molecule has 5 aromatic carbocycles. The molecule has 6 rings (SSSR count). The van der Waals surface area contributed by atoms with Gasteiger partial charge in [-0.05, 0) is 48.5 Å². The first kappa shape index (κ1) is 18.1. The first-order valence-corrected chi connectivity index (χ1v) is 11.0. The van der Waals surface area contributed by atoms with Crippen LogP contribution in [0.15, 0.2) is 109 Å². The predicted molar refractivity (Wildman–Crippen MR) is 131 cm³/mol. The third-order valence-electron chi connectivity index (χ3n) is 5.70. The van der Waals surface area contributed by atoms with E-state index in [1.807, 2.05) is 41.7 Å². The highest BCUT2D eigenvalue weighted by Gasteiger charge is 2.18. The van der Waals surface area contributed by atoms with E-state index < -0.39 is 0 Å². The fraction of sp³-hybridized carbons (Fsp3) is 0. The Morgan fingerprint density at radius 1 is 0.548 bits per heavy atom. The number of fused-ring (bicyclic) bond motifs is 5. The molecule has 0 aliphatic heterocycles. The van der Waals surface area contributed by atoms with Crippen molar-refractivity contribution in [1.82, 2.24) is 0 Å². The Morgan fingerprint density at radius 2 is 1.16 bits per heavy atom. The SMILES string of the molecule is Fc1ccc(N(c2ccccc2)c2cc3c4ccccc4sc3c3ccccc23)cc1. The Hall–Kier alpha value is -3.69. The molecule has 31 heavy (non-hydrogen) atoms. The van der Waals surface area contributed by atoms with Crippen molar-refractivity contribution in [2.45, 2.75) is 0 Å². The summed E-state index contributed by atoms with van der Waals surface area (Å²) in [4.78, 5) is 2.22. The molecule has 148 valence electrons. The second kappa shape index (κ2) is 7.22. The highest BCUT2D eigenvalue weighted by Crippen LogP contribution is 2.45. The zero-order chi connectivity index (χ0) is 20.8. The molecule has 1 aromatic heterocycles. The molecular weight excluding hydrogens is 401 g/mol. The summed E-state index contributed by atoms with van der Waals surface area (Å²) in [6.45, 7) is 0. The summed E-state index contributed by atoms with van der Waals surface area (Å²) >= 11 is 1.84. The summed E-state index contributed by atoms with van der Waals surface area (Å²) in [5.74, 6) is -0.235. The van der Waals surface area contributed by atoms with Crippen LogP contribution in [0.25, 0.3) is 30.9 Å². The molecule has 1 nitrogen and oxygen atoms in total. The topological polar surface area (TPSA) is 3.24 Å². The Balaban J connectivity index is 1.74. The first-order valence-electron chi connectivity index (χ1n) is 10.2. The van der Waals surface area contributed by atoms with Crippen LogP contribution in [-0.4, -0.2) is 0 Å². The standard InChI is InChI=1S/C28H18FNS/c29-19-14-16-21(17-15-19)30(20-8-2-1-3-9-20)26-18-25-23-11-6-7-13-27(23)31-28(25)24-12-5-4-10-22(24)26/h1-18H. The molecule has 0 unspecified atom stereocenters. The molecule has 0 amide bonds. The number of thiophene rings is 1. The van der Waals surface area contributed by atoms with E-state index in [0.29, 0.717) is 0 Å². The van der Waals surface area contributed by atoms with Gasteiger partial charge in [0.2, 0.25) is 0 Å². The van der Waals surface area contributed by atoms with Gasteiger partial charge in [0.15, 0.2) is 0 Å². The van der Waals surface area contributed by atoms with E-state index in [9.17, 15) is 4.39 Å². The zero-order valence-electron chi connectivity index (χ0n) is 16.6. The Bertz CT molecular complexity index is 1530. The van der Waals surface area contributed by atoms with E-state index in [4.69, 9.17) is 0 Å². The van der Waals surface area contributed by atoms with Crippen molar-refractivity contribution in [3.63, 3.8) is 0 Å². The number of rotatable bonds is 3. The molecule has 0 saturated carbocycles. The third kappa shape index (κ3) is 2.97. The lowest BCUT2D eigenvalue weighted by molar-refractivity contribution is 0.628. The molecule has 3 heteroatoms. The van der Waals surface area contributed by atoms with Gasteiger partial charge in [-0.15, -0.1) is 11.3 Å². The summed E-state index contributed by atoms with van der Waals surface area (Å²) in [6.07, 6.45) is 0. The van der Waals surface area contributed by atoms with Crippen molar-refractivity contribution in [3.05, 3.63) is 115 Å². The maximum absolute atomic E-state index is 13.7. The number of nitrogens with zero attached hydrogens (tertiary/aromatic N) is 1. The van der Waals surface area contributed by atoms with Gasteiger partial charge in [0.1, 0.15) is 5.82 Å². The molecule has 0 atom stereocenters. The molecular formula is C28H18FNS. The Kier molecular flexibility index (Phi) is 4.22. The van der Waals surface area contributed by atoms with Gasteiger partial charge in [0.25, 0.3) is 0 Å². The largest absolute Gasteiger partial charge is 0.310 e. The average Bonchev–Trinajstić information content (AvgIpc) is 3.20. The fourth-order valence-corrected chi connectivity index (χ4v) is 5.53. The quantitative estimate of drug-likeness (QED) is 0.277. The highest BCUT2D eigenvalue weighted by molar-refractivity contribution is 7.26. The maximum atomic E-state index is 13.7. The molecule has 0 fully saturated rings. The van der Waals surface area contributed by atoms with Crippen LogP contribution in [0.3, 0.4) is 0 Å². The van der Waals surface area contributed by atoms with E-state index >= 15 is 0 Å². The van der Waals surface area contributed by atoms with Gasteiger partial charge < -0.3 is 4.90 Å². The van der Waals surface area contributed by atoms with Gasteiger partial charge in [0, 0.05) is 42.3 Å². The zero-order valence-corrected chi connectivity index (χ0v) is 17.4. The van der Waals surface area contributed by atoms with Gasteiger partial charge in [-0.2, -0.15) is 0 Å². The van der Waals surface area contributed by atoms with Crippen molar-refractivity contribution in [2.24, 2.45) is 0 Å². The van der Waals surface area contributed by atoms with E-state index in [1.54, 1.807) is 0 Å². The van der Waals surface area contributed by atoms with Crippen LogP contribution in [-0.2, 0) is 0 Å². The van der Waals surface area contributed by atoms with Crippen LogP contribution >= 0.6 is 11.3 Å². The molecule has 0 spiro atoms. The van der Waals surface area contributed by atoms with Crippen molar-refractivity contribution in [2.75, 3.05) is 4.90 Å². The second-order valence-electron chi connectivity index (χ2n) is 7.56. The van der Waals surface area contributed by atoms with Gasteiger partial charge in [-0.25, -0.2) is 4.39 Å². The molecule has 0 bridgehead atoms. The van der Waals surface area contributed by atoms with Gasteiger partial charge in [-0.1, -0.05) is 60.7 Å². The predicted octanol–water partition coefficient (Wildman–Crippen LogP) is 8.82. The van der Waals surface area contributed by atoms with E-state index in [1.165, 1.54) is 43.1 Å². The summed E-state index contributed by atoms with van der Waals surface area (Å²) in [5, 5.41) is 4.92. The van der Waals surface area contributed by atoms with Crippen molar-refractivity contribution < 1.29 is 4.39 Å². The molecule has 0 radical (unpaired) electrons. The number of benzene rings is 5. The van der Waals surface area contributed by atoms with Crippen molar-refractivity contribution >= 4 is 59.3 Å². The van der Waals surface area contributed by atoms with Crippen molar-refractivity contribution in [1.29, 1.82) is 0 Å². The van der Waals surface area contributed by atoms with E-state index in [2.05, 4.69) is 71.6 Å². The van der Waals surface area contributed by atoms with Crippen LogP contribution in [0.5, 0.6) is 0 Å². The Morgan fingerprint density at radius 3 is 1.94 bits per heavy atom. The van der Waals surface area contributed by atoms with E-state index in [0.717, 1.165) is 17.1 Å². The summed E-state index contributed by atoms with van der Waals surface area (Å²) in [6, 6.07) is 36.4. The maximum Gasteiger partial charge on any atom is 0.123 e. The molecule has 0 aliphatic rings. The summed E-state index contributed by atoms with van der Waals surface area (Å²) in [5.41, 5.74) is 3.05. The monoisotopic (exact) mass is 419 g/mol. The number of para-hydroxylation sites is 1. The molecule has 0 aliphatic carbocycles. The Labute approximate surface area is 183 Å². The van der Waals surface area contributed by atoms with Crippen LogP contribution in [0.2, 0.25) is 0 Å². The summed E-state index contributed by atoms with van der Waals surface area (Å²) in [7, 11) is 0. The molecule has 1 heterocycles. The van der Waals surface area contributed by atoms with Gasteiger partial charge in [0.05, 0.1) is 5.69 Å². The van der Waals surface area contributed by atoms with Crippen LogP contribution in [0.4, 0.5) is 21.5 Å². The minimum atomic E-state index is -0.235. The highest BCUT2D eigenvalue weighted by atomic mass is 32.1. The number of hydrogen-bond acceptors (Lipinski definition) is 2. The van der Waals surface area contributed by atoms with Gasteiger partial charge in [-0.3, -0.25) is 0 Å². The number of halogens is 1. The van der Waals surface area contributed by atoms with Crippen molar-refractivity contribution in [3.8, 4) is 0 Å². The minimum Gasteiger partial charge on any atom is -0.310 e. The molecule has 0 saturated heterocycles. The summed E-state index contributed by atoms with van der Waals surface area (Å²) < 4.78 is 16.3. The lowest BCUT2D eigenvalue weighted by atomic mass is 10.0. The van der Waals surface area contributed by atoms with Crippen LogP contribution in [0.1, 0.15) is 0 Å². The van der Waals surface area contributed by atoms with E-state index in [-0.39, 0.29) is 5.82 Å². The average molecular weight is 420 g/mol. The second-order valence-corrected chi connectivity index (χ2v) is 8.62. The number of hydrogen-bond donors (Lipinski definition) is 0. The third-order valence-corrected chi connectivity index (χ3v) is 6.92. The minimum absolute atomic E-state index is 0.235. The fourth-order valence-electron chi connectivity index (χ4n) is 4.31. The normalized spacial score (nSPS) is 11.4. The van der Waals surface area contributed by atoms with Crippen LogP contribution < -0.4 is 4.90 Å². The van der Waals surface area contributed by atoms with Gasteiger partial charge >= 0.3 is 0 Å². The first-order chi connectivity index (χ1) is 15.3. The smallest absolute Gasteiger partial charge is 0.123 e. The lowest BCUT2D eigenvalue weighted by Crippen LogP contribution is -2.10.